The molecule has 0 unspecified atom stereocenters. The fourth-order valence-electron chi connectivity index (χ4n) is 1.22. The third-order valence-electron chi connectivity index (χ3n) is 2.11. The van der Waals surface area contributed by atoms with Crippen LogP contribution in [0, 0.1) is 0 Å². The summed E-state index contributed by atoms with van der Waals surface area (Å²) < 4.78 is 29.6. The van der Waals surface area contributed by atoms with Crippen LogP contribution in [-0.2, 0) is 9.84 Å². The molecule has 1 heterocycles. The van der Waals surface area contributed by atoms with Crippen LogP contribution in [0.4, 0.5) is 5.69 Å². The lowest BCUT2D eigenvalue weighted by Crippen LogP contribution is -2.18. The Balaban J connectivity index is 3.35. The van der Waals surface area contributed by atoms with Gasteiger partial charge >= 0.3 is 0 Å². The van der Waals surface area contributed by atoms with E-state index < -0.39 is 15.1 Å². The van der Waals surface area contributed by atoms with Crippen molar-refractivity contribution in [3.8, 4) is 5.88 Å². The molecule has 6 heteroatoms. The molecule has 0 aromatic carbocycles. The van der Waals surface area contributed by atoms with Crippen molar-refractivity contribution in [3.63, 3.8) is 0 Å². The van der Waals surface area contributed by atoms with E-state index in [9.17, 15) is 8.42 Å². The Morgan fingerprint density at radius 1 is 1.29 bits per heavy atom. The molecule has 96 valence electrons. The maximum Gasteiger partial charge on any atom is 0.232 e. The number of nitrogens with two attached hydrogens (primary N) is 1. The summed E-state index contributed by atoms with van der Waals surface area (Å²) in [4.78, 5) is 4.00. The van der Waals surface area contributed by atoms with Gasteiger partial charge in [0.25, 0.3) is 0 Å². The van der Waals surface area contributed by atoms with Crippen molar-refractivity contribution in [2.24, 2.45) is 0 Å². The molecule has 0 amide bonds. The standard InChI is InChI=1S/C11H18N2O3S/c1-7(2)16-11-10(5-9(12)6-13-11)17(14,15)8(3)4/h5-8H,12H2,1-4H3. The first-order chi connectivity index (χ1) is 7.75. The molecule has 0 radical (unpaired) electrons. The van der Waals surface area contributed by atoms with Gasteiger partial charge in [0.05, 0.1) is 23.2 Å². The van der Waals surface area contributed by atoms with Crippen LogP contribution >= 0.6 is 0 Å². The van der Waals surface area contributed by atoms with Crippen molar-refractivity contribution in [2.75, 3.05) is 5.73 Å². The van der Waals surface area contributed by atoms with Crippen molar-refractivity contribution < 1.29 is 13.2 Å². The van der Waals surface area contributed by atoms with Crippen molar-refractivity contribution in [1.82, 2.24) is 4.98 Å². The number of nitrogens with zero attached hydrogens (tertiary/aromatic N) is 1. The number of rotatable bonds is 4. The minimum absolute atomic E-state index is 0.0567. The summed E-state index contributed by atoms with van der Waals surface area (Å²) in [6.45, 7) is 6.84. The minimum atomic E-state index is -3.44. The molecular weight excluding hydrogens is 240 g/mol. The van der Waals surface area contributed by atoms with Gasteiger partial charge in [0.15, 0.2) is 9.84 Å². The first-order valence-electron chi connectivity index (χ1n) is 5.41. The highest BCUT2D eigenvalue weighted by molar-refractivity contribution is 7.92. The molecule has 0 bridgehead atoms. The van der Waals surface area contributed by atoms with Crippen LogP contribution in [0.25, 0.3) is 0 Å². The van der Waals surface area contributed by atoms with Crippen LogP contribution in [0.5, 0.6) is 5.88 Å². The molecule has 0 aliphatic heterocycles. The molecule has 5 nitrogen and oxygen atoms in total. The lowest BCUT2D eigenvalue weighted by atomic mass is 10.4. The molecule has 0 aliphatic carbocycles. The number of sulfone groups is 1. The van der Waals surface area contributed by atoms with Crippen molar-refractivity contribution in [3.05, 3.63) is 12.3 Å². The smallest absolute Gasteiger partial charge is 0.232 e. The van der Waals surface area contributed by atoms with Gasteiger partial charge in [0, 0.05) is 0 Å². The van der Waals surface area contributed by atoms with Crippen molar-refractivity contribution in [2.45, 2.75) is 43.9 Å². The predicted octanol–water partition coefficient (Wildman–Crippen LogP) is 1.63. The molecule has 17 heavy (non-hydrogen) atoms. The van der Waals surface area contributed by atoms with E-state index in [0.717, 1.165) is 0 Å². The van der Waals surface area contributed by atoms with Gasteiger partial charge in [-0.05, 0) is 33.8 Å². The second kappa shape index (κ2) is 4.91. The molecule has 0 atom stereocenters. The van der Waals surface area contributed by atoms with Crippen LogP contribution in [0.1, 0.15) is 27.7 Å². The molecule has 0 spiro atoms. The van der Waals surface area contributed by atoms with E-state index >= 15 is 0 Å². The van der Waals surface area contributed by atoms with E-state index in [-0.39, 0.29) is 16.9 Å². The first-order valence-corrected chi connectivity index (χ1v) is 6.96. The van der Waals surface area contributed by atoms with E-state index in [1.165, 1.54) is 12.3 Å². The number of nitrogen functional groups attached to an aromatic ring is 1. The molecule has 2 N–H and O–H groups in total. The summed E-state index contributed by atoms with van der Waals surface area (Å²) in [6.07, 6.45) is 1.24. The zero-order valence-corrected chi connectivity index (χ0v) is 11.3. The Hall–Kier alpha value is -1.30. The summed E-state index contributed by atoms with van der Waals surface area (Å²) >= 11 is 0. The molecule has 0 fully saturated rings. The second-order valence-electron chi connectivity index (χ2n) is 4.33. The third-order valence-corrected chi connectivity index (χ3v) is 4.26. The van der Waals surface area contributed by atoms with Gasteiger partial charge in [-0.2, -0.15) is 0 Å². The SMILES string of the molecule is CC(C)Oc1ncc(N)cc1S(=O)(=O)C(C)C. The van der Waals surface area contributed by atoms with Gasteiger partial charge in [-0.25, -0.2) is 13.4 Å². The lowest BCUT2D eigenvalue weighted by molar-refractivity contribution is 0.226. The predicted molar refractivity (Wildman–Crippen MR) is 66.7 cm³/mol. The minimum Gasteiger partial charge on any atom is -0.474 e. The first kappa shape index (κ1) is 13.8. The molecule has 0 saturated carbocycles. The Morgan fingerprint density at radius 2 is 1.88 bits per heavy atom. The van der Waals surface area contributed by atoms with E-state index in [1.54, 1.807) is 13.8 Å². The van der Waals surface area contributed by atoms with Crippen molar-refractivity contribution in [1.29, 1.82) is 0 Å². The number of hydrogen-bond donors (Lipinski definition) is 1. The fourth-order valence-corrected chi connectivity index (χ4v) is 2.37. The molecule has 1 aromatic rings. The summed E-state index contributed by atoms with van der Waals surface area (Å²) in [7, 11) is -3.44. The Bertz CT molecular complexity index is 495. The highest BCUT2D eigenvalue weighted by atomic mass is 32.2. The van der Waals surface area contributed by atoms with E-state index in [0.29, 0.717) is 5.69 Å². The summed E-state index contributed by atoms with van der Waals surface area (Å²) in [5.41, 5.74) is 5.88. The normalized spacial score (nSPS) is 12.1. The number of ether oxygens (including phenoxy) is 1. The zero-order valence-electron chi connectivity index (χ0n) is 10.5. The van der Waals surface area contributed by atoms with Crippen LogP contribution in [-0.4, -0.2) is 24.8 Å². The summed E-state index contributed by atoms with van der Waals surface area (Å²) in [6, 6.07) is 1.39. The Labute approximate surface area is 102 Å². The van der Waals surface area contributed by atoms with Gasteiger partial charge in [-0.1, -0.05) is 0 Å². The highest BCUT2D eigenvalue weighted by Crippen LogP contribution is 2.27. The zero-order chi connectivity index (χ0) is 13.2. The van der Waals surface area contributed by atoms with Crippen LogP contribution in [0.15, 0.2) is 17.2 Å². The quantitative estimate of drug-likeness (QED) is 0.887. The van der Waals surface area contributed by atoms with Gasteiger partial charge < -0.3 is 10.5 Å². The van der Waals surface area contributed by atoms with Crippen LogP contribution < -0.4 is 10.5 Å². The average molecular weight is 258 g/mol. The monoisotopic (exact) mass is 258 g/mol. The lowest BCUT2D eigenvalue weighted by Gasteiger charge is -2.15. The Morgan fingerprint density at radius 3 is 2.35 bits per heavy atom. The third kappa shape index (κ3) is 3.09. The summed E-state index contributed by atoms with van der Waals surface area (Å²) in [5, 5.41) is -0.541. The number of anilines is 1. The number of aromatic nitrogens is 1. The topological polar surface area (TPSA) is 82.3 Å². The number of pyridine rings is 1. The van der Waals surface area contributed by atoms with Crippen LogP contribution in [0.2, 0.25) is 0 Å². The molecule has 1 rings (SSSR count). The molecule has 0 saturated heterocycles. The van der Waals surface area contributed by atoms with Gasteiger partial charge in [-0.3, -0.25) is 0 Å². The second-order valence-corrected chi connectivity index (χ2v) is 6.80. The van der Waals surface area contributed by atoms with E-state index in [2.05, 4.69) is 4.98 Å². The number of hydrogen-bond acceptors (Lipinski definition) is 5. The maximum absolute atomic E-state index is 12.1. The molecular formula is C11H18N2O3S. The molecule has 0 aliphatic rings. The van der Waals surface area contributed by atoms with Gasteiger partial charge in [0.2, 0.25) is 5.88 Å². The van der Waals surface area contributed by atoms with Crippen molar-refractivity contribution >= 4 is 15.5 Å². The van der Waals surface area contributed by atoms with E-state index in [1.807, 2.05) is 13.8 Å². The Kier molecular flexibility index (Phi) is 3.98. The largest absolute Gasteiger partial charge is 0.474 e. The molecule has 1 aromatic heterocycles. The maximum atomic E-state index is 12.1. The van der Waals surface area contributed by atoms with Gasteiger partial charge in [0.1, 0.15) is 4.90 Å². The fraction of sp³-hybridized carbons (Fsp3) is 0.545. The average Bonchev–Trinajstić information content (AvgIpc) is 2.19. The highest BCUT2D eigenvalue weighted by Gasteiger charge is 2.25. The summed E-state index contributed by atoms with van der Waals surface area (Å²) in [5.74, 6) is 0.114. The van der Waals surface area contributed by atoms with Gasteiger partial charge in [-0.15, -0.1) is 0 Å². The van der Waals surface area contributed by atoms with E-state index in [4.69, 9.17) is 10.5 Å². The van der Waals surface area contributed by atoms with Crippen LogP contribution in [0.3, 0.4) is 0 Å².